The van der Waals surface area contributed by atoms with E-state index in [1.54, 1.807) is 0 Å². The Morgan fingerprint density at radius 3 is 2.73 bits per heavy atom. The molecule has 26 heavy (non-hydrogen) atoms. The minimum atomic E-state index is 0.671. The fourth-order valence-corrected chi connectivity index (χ4v) is 2.72. The summed E-state index contributed by atoms with van der Waals surface area (Å²) in [5.74, 6) is 1.84. The molecule has 2 aromatic heterocycles. The number of aliphatic imine (C=N–C) groups is 1. The Bertz CT molecular complexity index is 850. The van der Waals surface area contributed by atoms with Crippen LogP contribution in [0.25, 0.3) is 5.65 Å². The van der Waals surface area contributed by atoms with Gasteiger partial charge in [-0.1, -0.05) is 35.9 Å². The third kappa shape index (κ3) is 4.81. The second-order valence-corrected chi connectivity index (χ2v) is 6.26. The molecule has 0 radical (unpaired) electrons. The van der Waals surface area contributed by atoms with E-state index >= 15 is 0 Å². The highest BCUT2D eigenvalue weighted by Gasteiger charge is 2.04. The molecule has 0 saturated carbocycles. The molecule has 0 bridgehead atoms. The third-order valence-electron chi connectivity index (χ3n) is 4.14. The van der Waals surface area contributed by atoms with Crippen molar-refractivity contribution in [2.24, 2.45) is 4.99 Å². The highest BCUT2D eigenvalue weighted by Crippen LogP contribution is 2.05. The first-order chi connectivity index (χ1) is 12.8. The number of aromatic nitrogens is 3. The summed E-state index contributed by atoms with van der Waals surface area (Å²) in [5, 5.41) is 15.1. The zero-order valence-electron chi connectivity index (χ0n) is 15.4. The third-order valence-corrected chi connectivity index (χ3v) is 4.14. The Kier molecular flexibility index (Phi) is 6.19. The molecule has 1 aromatic carbocycles. The molecule has 0 amide bonds. The highest BCUT2D eigenvalue weighted by atomic mass is 15.2. The van der Waals surface area contributed by atoms with E-state index in [0.717, 1.165) is 43.4 Å². The smallest absolute Gasteiger partial charge is 0.191 e. The number of benzene rings is 1. The van der Waals surface area contributed by atoms with Gasteiger partial charge in [-0.15, -0.1) is 10.2 Å². The first-order valence-corrected chi connectivity index (χ1v) is 9.12. The Hall–Kier alpha value is -2.89. The Morgan fingerprint density at radius 2 is 1.92 bits per heavy atom. The van der Waals surface area contributed by atoms with E-state index in [1.165, 1.54) is 11.1 Å². The first-order valence-electron chi connectivity index (χ1n) is 9.12. The van der Waals surface area contributed by atoms with Gasteiger partial charge in [0.15, 0.2) is 11.6 Å². The molecule has 6 heteroatoms. The van der Waals surface area contributed by atoms with Gasteiger partial charge in [0, 0.05) is 25.7 Å². The number of hydrogen-bond donors (Lipinski definition) is 2. The molecular formula is C20H26N6. The summed E-state index contributed by atoms with van der Waals surface area (Å²) in [5.41, 5.74) is 3.37. The van der Waals surface area contributed by atoms with Gasteiger partial charge in [-0.25, -0.2) is 4.99 Å². The van der Waals surface area contributed by atoms with Gasteiger partial charge < -0.3 is 10.6 Å². The van der Waals surface area contributed by atoms with E-state index in [4.69, 9.17) is 0 Å². The SMILES string of the molecule is CCNC(=NCc1ccc(C)cc1)NCCCc1nnc2ccccn12. The second-order valence-electron chi connectivity index (χ2n) is 6.26. The van der Waals surface area contributed by atoms with Crippen molar-refractivity contribution in [1.29, 1.82) is 0 Å². The van der Waals surface area contributed by atoms with Crippen LogP contribution in [0, 0.1) is 6.92 Å². The topological polar surface area (TPSA) is 66.6 Å². The average Bonchev–Trinajstić information content (AvgIpc) is 3.07. The Labute approximate surface area is 154 Å². The van der Waals surface area contributed by atoms with Crippen LogP contribution < -0.4 is 10.6 Å². The van der Waals surface area contributed by atoms with Gasteiger partial charge in [-0.05, 0) is 38.0 Å². The molecule has 136 valence electrons. The lowest BCUT2D eigenvalue weighted by molar-refractivity contribution is 0.715. The van der Waals surface area contributed by atoms with E-state index in [9.17, 15) is 0 Å². The van der Waals surface area contributed by atoms with Crippen molar-refractivity contribution < 1.29 is 0 Å². The lowest BCUT2D eigenvalue weighted by atomic mass is 10.1. The van der Waals surface area contributed by atoms with Crippen molar-refractivity contribution in [3.05, 3.63) is 65.6 Å². The van der Waals surface area contributed by atoms with E-state index in [1.807, 2.05) is 28.8 Å². The largest absolute Gasteiger partial charge is 0.357 e. The monoisotopic (exact) mass is 350 g/mol. The van der Waals surface area contributed by atoms with Crippen molar-refractivity contribution in [2.45, 2.75) is 33.2 Å². The van der Waals surface area contributed by atoms with Crippen LogP contribution in [0.1, 0.15) is 30.3 Å². The molecule has 6 nitrogen and oxygen atoms in total. The van der Waals surface area contributed by atoms with E-state index in [2.05, 4.69) is 63.9 Å². The van der Waals surface area contributed by atoms with Crippen LogP contribution in [0.15, 0.2) is 53.7 Å². The predicted octanol–water partition coefficient (Wildman–Crippen LogP) is 2.73. The maximum absolute atomic E-state index is 4.66. The van der Waals surface area contributed by atoms with Crippen molar-refractivity contribution in [2.75, 3.05) is 13.1 Å². The number of aryl methyl sites for hydroxylation is 2. The maximum atomic E-state index is 4.66. The molecule has 0 aliphatic heterocycles. The normalized spacial score (nSPS) is 11.7. The van der Waals surface area contributed by atoms with Gasteiger partial charge in [0.25, 0.3) is 0 Å². The van der Waals surface area contributed by atoms with Gasteiger partial charge in [0.05, 0.1) is 6.54 Å². The van der Waals surface area contributed by atoms with Crippen LogP contribution in [0.5, 0.6) is 0 Å². The molecular weight excluding hydrogens is 324 g/mol. The number of guanidine groups is 1. The summed E-state index contributed by atoms with van der Waals surface area (Å²) in [4.78, 5) is 4.66. The van der Waals surface area contributed by atoms with Gasteiger partial charge in [-0.3, -0.25) is 4.40 Å². The number of hydrogen-bond acceptors (Lipinski definition) is 3. The lowest BCUT2D eigenvalue weighted by Gasteiger charge is -2.11. The molecule has 2 heterocycles. The molecule has 0 unspecified atom stereocenters. The van der Waals surface area contributed by atoms with Gasteiger partial charge in [0.2, 0.25) is 0 Å². The van der Waals surface area contributed by atoms with Crippen LogP contribution >= 0.6 is 0 Å². The Morgan fingerprint density at radius 1 is 1.08 bits per heavy atom. The molecule has 3 aromatic rings. The van der Waals surface area contributed by atoms with Crippen LogP contribution in [0.3, 0.4) is 0 Å². The zero-order chi connectivity index (χ0) is 18.2. The van der Waals surface area contributed by atoms with Crippen molar-refractivity contribution in [3.63, 3.8) is 0 Å². The summed E-state index contributed by atoms with van der Waals surface area (Å²) in [7, 11) is 0. The molecule has 3 rings (SSSR count). The summed E-state index contributed by atoms with van der Waals surface area (Å²) >= 11 is 0. The van der Waals surface area contributed by atoms with Gasteiger partial charge >= 0.3 is 0 Å². The molecule has 0 aliphatic carbocycles. The minimum Gasteiger partial charge on any atom is -0.357 e. The quantitative estimate of drug-likeness (QED) is 0.391. The fourth-order valence-electron chi connectivity index (χ4n) is 2.72. The zero-order valence-corrected chi connectivity index (χ0v) is 15.4. The molecule has 0 fully saturated rings. The number of nitrogens with zero attached hydrogens (tertiary/aromatic N) is 4. The standard InChI is InChI=1S/C20H26N6/c1-3-21-20(23-15-17-11-9-16(2)10-12-17)22-13-6-8-19-25-24-18-7-4-5-14-26(18)19/h4-5,7,9-12,14H,3,6,8,13,15H2,1-2H3,(H2,21,22,23). The molecule has 2 N–H and O–H groups in total. The number of nitrogens with one attached hydrogen (secondary N) is 2. The summed E-state index contributed by atoms with van der Waals surface area (Å²) < 4.78 is 2.04. The van der Waals surface area contributed by atoms with Gasteiger partial charge in [0.1, 0.15) is 5.82 Å². The molecule has 0 saturated heterocycles. The van der Waals surface area contributed by atoms with Crippen LogP contribution in [0.2, 0.25) is 0 Å². The van der Waals surface area contributed by atoms with Crippen LogP contribution in [0.4, 0.5) is 0 Å². The van der Waals surface area contributed by atoms with E-state index < -0.39 is 0 Å². The number of pyridine rings is 1. The number of rotatable bonds is 7. The molecule has 0 atom stereocenters. The fraction of sp³-hybridized carbons (Fsp3) is 0.350. The molecule has 0 aliphatic rings. The maximum Gasteiger partial charge on any atom is 0.191 e. The van der Waals surface area contributed by atoms with Crippen molar-refractivity contribution in [1.82, 2.24) is 25.2 Å². The molecule has 0 spiro atoms. The summed E-state index contributed by atoms with van der Waals surface area (Å²) in [6.45, 7) is 6.52. The van der Waals surface area contributed by atoms with Crippen molar-refractivity contribution >= 4 is 11.6 Å². The van der Waals surface area contributed by atoms with E-state index in [0.29, 0.717) is 6.54 Å². The summed E-state index contributed by atoms with van der Waals surface area (Å²) in [6.07, 6.45) is 3.84. The highest BCUT2D eigenvalue weighted by molar-refractivity contribution is 5.79. The lowest BCUT2D eigenvalue weighted by Crippen LogP contribution is -2.37. The first kappa shape index (κ1) is 17.9. The second kappa shape index (κ2) is 8.99. The van der Waals surface area contributed by atoms with Crippen LogP contribution in [-0.2, 0) is 13.0 Å². The van der Waals surface area contributed by atoms with E-state index in [-0.39, 0.29) is 0 Å². The average molecular weight is 350 g/mol. The number of fused-ring (bicyclic) bond motifs is 1. The Balaban J connectivity index is 1.50. The van der Waals surface area contributed by atoms with Crippen LogP contribution in [-0.4, -0.2) is 33.6 Å². The predicted molar refractivity (Wildman–Crippen MR) is 105 cm³/mol. The van der Waals surface area contributed by atoms with Gasteiger partial charge in [-0.2, -0.15) is 0 Å². The summed E-state index contributed by atoms with van der Waals surface area (Å²) in [6, 6.07) is 14.4. The van der Waals surface area contributed by atoms with Crippen molar-refractivity contribution in [3.8, 4) is 0 Å². The minimum absolute atomic E-state index is 0.671.